The van der Waals surface area contributed by atoms with Crippen LogP contribution >= 0.6 is 15.9 Å². The topological polar surface area (TPSA) is 49.3 Å². The van der Waals surface area contributed by atoms with Crippen molar-refractivity contribution in [2.75, 3.05) is 6.61 Å². The van der Waals surface area contributed by atoms with Gasteiger partial charge in [0.2, 0.25) is 5.91 Å². The molecular formula is C13H18BrNO2. The smallest absolute Gasteiger partial charge is 0.220 e. The summed E-state index contributed by atoms with van der Waals surface area (Å²) in [6.45, 7) is 2.11. The summed E-state index contributed by atoms with van der Waals surface area (Å²) in [7, 11) is 0. The van der Waals surface area contributed by atoms with E-state index in [4.69, 9.17) is 5.11 Å². The van der Waals surface area contributed by atoms with Crippen molar-refractivity contribution >= 4 is 21.8 Å². The van der Waals surface area contributed by atoms with Crippen LogP contribution in [-0.4, -0.2) is 17.6 Å². The van der Waals surface area contributed by atoms with Crippen LogP contribution in [0.5, 0.6) is 0 Å². The number of hydrogen-bond donors (Lipinski definition) is 2. The van der Waals surface area contributed by atoms with E-state index in [0.717, 1.165) is 16.5 Å². The van der Waals surface area contributed by atoms with Gasteiger partial charge in [-0.3, -0.25) is 4.79 Å². The second-order valence-electron chi connectivity index (χ2n) is 4.02. The van der Waals surface area contributed by atoms with Crippen LogP contribution in [0.15, 0.2) is 28.7 Å². The second kappa shape index (κ2) is 7.45. The van der Waals surface area contributed by atoms with Crippen LogP contribution in [0.2, 0.25) is 0 Å². The summed E-state index contributed by atoms with van der Waals surface area (Å²) in [6.07, 6.45) is 1.89. The summed E-state index contributed by atoms with van der Waals surface area (Å²) in [6, 6.07) is 7.92. The molecule has 0 radical (unpaired) electrons. The van der Waals surface area contributed by atoms with E-state index in [1.54, 1.807) is 0 Å². The van der Waals surface area contributed by atoms with Crippen LogP contribution < -0.4 is 5.32 Å². The Morgan fingerprint density at radius 1 is 1.35 bits per heavy atom. The molecular weight excluding hydrogens is 282 g/mol. The van der Waals surface area contributed by atoms with Gasteiger partial charge in [-0.05, 0) is 37.5 Å². The average Bonchev–Trinajstić information content (AvgIpc) is 2.30. The summed E-state index contributed by atoms with van der Waals surface area (Å²) < 4.78 is 1.03. The first kappa shape index (κ1) is 14.2. The maximum atomic E-state index is 11.6. The molecule has 0 bridgehead atoms. The van der Waals surface area contributed by atoms with E-state index in [0.29, 0.717) is 12.8 Å². The molecule has 1 amide bonds. The van der Waals surface area contributed by atoms with Gasteiger partial charge in [-0.2, -0.15) is 0 Å². The Balaban J connectivity index is 2.40. The quantitative estimate of drug-likeness (QED) is 0.794. The summed E-state index contributed by atoms with van der Waals surface area (Å²) >= 11 is 3.38. The van der Waals surface area contributed by atoms with Gasteiger partial charge in [-0.1, -0.05) is 28.1 Å². The predicted octanol–water partition coefficient (Wildman–Crippen LogP) is 2.79. The Bertz CT molecular complexity index is 351. The molecule has 0 aromatic heterocycles. The van der Waals surface area contributed by atoms with Gasteiger partial charge < -0.3 is 10.4 Å². The molecule has 1 aromatic carbocycles. The molecule has 0 aliphatic rings. The van der Waals surface area contributed by atoms with E-state index < -0.39 is 0 Å². The predicted molar refractivity (Wildman–Crippen MR) is 71.6 cm³/mol. The van der Waals surface area contributed by atoms with Crippen molar-refractivity contribution in [2.24, 2.45) is 0 Å². The Labute approximate surface area is 110 Å². The minimum Gasteiger partial charge on any atom is -0.396 e. The van der Waals surface area contributed by atoms with Gasteiger partial charge in [-0.15, -0.1) is 0 Å². The Morgan fingerprint density at radius 2 is 2.00 bits per heavy atom. The maximum Gasteiger partial charge on any atom is 0.220 e. The molecule has 2 N–H and O–H groups in total. The van der Waals surface area contributed by atoms with Crippen molar-refractivity contribution in [3.05, 3.63) is 34.3 Å². The molecule has 1 atom stereocenters. The van der Waals surface area contributed by atoms with E-state index in [1.165, 1.54) is 0 Å². The maximum absolute atomic E-state index is 11.6. The number of carbonyl (C=O) groups excluding carboxylic acids is 1. The molecule has 3 nitrogen and oxygen atoms in total. The van der Waals surface area contributed by atoms with Crippen molar-refractivity contribution in [1.29, 1.82) is 0 Å². The number of aliphatic hydroxyl groups is 1. The number of halogens is 1. The van der Waals surface area contributed by atoms with Crippen LogP contribution in [0, 0.1) is 0 Å². The fourth-order valence-electron chi connectivity index (χ4n) is 1.55. The summed E-state index contributed by atoms with van der Waals surface area (Å²) in [5.74, 6) is 0.0360. The van der Waals surface area contributed by atoms with Gasteiger partial charge in [0.25, 0.3) is 0 Å². The Kier molecular flexibility index (Phi) is 6.22. The first-order valence-corrected chi connectivity index (χ1v) is 6.58. The van der Waals surface area contributed by atoms with E-state index in [2.05, 4.69) is 21.2 Å². The molecule has 0 saturated heterocycles. The van der Waals surface area contributed by atoms with Crippen LogP contribution in [-0.2, 0) is 4.79 Å². The molecule has 0 saturated carbocycles. The lowest BCUT2D eigenvalue weighted by atomic mass is 10.1. The van der Waals surface area contributed by atoms with Gasteiger partial charge in [0.15, 0.2) is 0 Å². The number of carbonyl (C=O) groups is 1. The summed E-state index contributed by atoms with van der Waals surface area (Å²) in [4.78, 5) is 11.6. The third-order valence-electron chi connectivity index (χ3n) is 2.56. The van der Waals surface area contributed by atoms with Gasteiger partial charge in [0.05, 0.1) is 6.04 Å². The number of nitrogens with one attached hydrogen (secondary N) is 1. The lowest BCUT2D eigenvalue weighted by molar-refractivity contribution is -0.121. The number of amides is 1. The van der Waals surface area contributed by atoms with E-state index in [1.807, 2.05) is 31.2 Å². The van der Waals surface area contributed by atoms with Crippen LogP contribution in [0.4, 0.5) is 0 Å². The van der Waals surface area contributed by atoms with Crippen molar-refractivity contribution in [3.63, 3.8) is 0 Å². The fraction of sp³-hybridized carbons (Fsp3) is 0.462. The average molecular weight is 300 g/mol. The summed E-state index contributed by atoms with van der Waals surface area (Å²) in [5.41, 5.74) is 1.09. The SMILES string of the molecule is CC(NC(=O)CCCCO)c1ccc(Br)cc1. The minimum atomic E-state index is 0.0183. The van der Waals surface area contributed by atoms with Crippen LogP contribution in [0.25, 0.3) is 0 Å². The summed E-state index contributed by atoms with van der Waals surface area (Å²) in [5, 5.41) is 11.6. The van der Waals surface area contributed by atoms with Crippen molar-refractivity contribution in [3.8, 4) is 0 Å². The highest BCUT2D eigenvalue weighted by Gasteiger charge is 2.08. The Hall–Kier alpha value is -0.870. The van der Waals surface area contributed by atoms with Crippen molar-refractivity contribution in [2.45, 2.75) is 32.2 Å². The molecule has 4 heteroatoms. The Morgan fingerprint density at radius 3 is 2.59 bits per heavy atom. The van der Waals surface area contributed by atoms with Crippen LogP contribution in [0.3, 0.4) is 0 Å². The highest BCUT2D eigenvalue weighted by Crippen LogP contribution is 2.16. The zero-order chi connectivity index (χ0) is 12.7. The third kappa shape index (κ3) is 5.33. The monoisotopic (exact) mass is 299 g/mol. The normalized spacial score (nSPS) is 12.2. The first-order chi connectivity index (χ1) is 8.13. The van der Waals surface area contributed by atoms with Gasteiger partial charge in [-0.25, -0.2) is 0 Å². The lowest BCUT2D eigenvalue weighted by Gasteiger charge is -2.14. The highest BCUT2D eigenvalue weighted by molar-refractivity contribution is 9.10. The number of aliphatic hydroxyl groups excluding tert-OH is 1. The number of rotatable bonds is 6. The zero-order valence-electron chi connectivity index (χ0n) is 9.95. The van der Waals surface area contributed by atoms with Gasteiger partial charge in [0.1, 0.15) is 0 Å². The molecule has 0 fully saturated rings. The molecule has 94 valence electrons. The molecule has 1 unspecified atom stereocenters. The van der Waals surface area contributed by atoms with E-state index in [9.17, 15) is 4.79 Å². The van der Waals surface area contributed by atoms with Gasteiger partial charge >= 0.3 is 0 Å². The largest absolute Gasteiger partial charge is 0.396 e. The highest BCUT2D eigenvalue weighted by atomic mass is 79.9. The molecule has 0 heterocycles. The number of benzene rings is 1. The van der Waals surface area contributed by atoms with Gasteiger partial charge in [0, 0.05) is 17.5 Å². The fourth-order valence-corrected chi connectivity index (χ4v) is 1.81. The minimum absolute atomic E-state index is 0.0183. The lowest BCUT2D eigenvalue weighted by Crippen LogP contribution is -2.26. The van der Waals surface area contributed by atoms with Crippen LogP contribution in [0.1, 0.15) is 37.8 Å². The standard InChI is InChI=1S/C13H18BrNO2/c1-10(11-5-7-12(14)8-6-11)15-13(17)4-2-3-9-16/h5-8,10,16H,2-4,9H2,1H3,(H,15,17). The number of hydrogen-bond acceptors (Lipinski definition) is 2. The molecule has 0 spiro atoms. The van der Waals surface area contributed by atoms with E-state index in [-0.39, 0.29) is 18.6 Å². The zero-order valence-corrected chi connectivity index (χ0v) is 11.5. The molecule has 1 aromatic rings. The number of unbranched alkanes of at least 4 members (excludes halogenated alkanes) is 1. The second-order valence-corrected chi connectivity index (χ2v) is 4.94. The van der Waals surface area contributed by atoms with Crippen molar-refractivity contribution in [1.82, 2.24) is 5.32 Å². The molecule has 17 heavy (non-hydrogen) atoms. The first-order valence-electron chi connectivity index (χ1n) is 5.79. The van der Waals surface area contributed by atoms with E-state index >= 15 is 0 Å². The molecule has 0 aliphatic heterocycles. The van der Waals surface area contributed by atoms with Crippen molar-refractivity contribution < 1.29 is 9.90 Å². The third-order valence-corrected chi connectivity index (χ3v) is 3.09. The molecule has 1 rings (SSSR count). The molecule has 0 aliphatic carbocycles.